The zero-order valence-corrected chi connectivity index (χ0v) is 7.26. The van der Waals surface area contributed by atoms with E-state index >= 15 is 0 Å². The molecule has 0 aliphatic carbocycles. The van der Waals surface area contributed by atoms with Crippen LogP contribution in [0, 0.1) is 0 Å². The summed E-state index contributed by atoms with van der Waals surface area (Å²) in [6.45, 7) is -0.736. The summed E-state index contributed by atoms with van der Waals surface area (Å²) in [5.41, 5.74) is 3.99. The first kappa shape index (κ1) is 10.8. The molecule has 4 N–H and O–H groups in total. The lowest BCUT2D eigenvalue weighted by molar-refractivity contribution is 0.149. The molecule has 1 aromatic heterocycles. The van der Waals surface area contributed by atoms with Gasteiger partial charge in [-0.2, -0.15) is 0 Å². The third-order valence-electron chi connectivity index (χ3n) is 1.84. The number of aliphatic hydroxyl groups excluding tert-OH is 1. The summed E-state index contributed by atoms with van der Waals surface area (Å²) >= 11 is 0. The van der Waals surface area contributed by atoms with Crippen molar-refractivity contribution < 1.29 is 13.9 Å². The van der Waals surface area contributed by atoms with E-state index in [2.05, 4.69) is 4.98 Å². The first-order valence-electron chi connectivity index (χ1n) is 3.94. The standard InChI is InChI=1S/C8H10F2N2O2/c9-7(10)5-1-4(3-13)12-8(14)6(5)2-11/h1,7,13H,2-3,11H2,(H,12,14). The second kappa shape index (κ2) is 4.30. The third-order valence-corrected chi connectivity index (χ3v) is 1.84. The number of pyridine rings is 1. The van der Waals surface area contributed by atoms with E-state index in [4.69, 9.17) is 10.8 Å². The number of aromatic nitrogens is 1. The average molecular weight is 204 g/mol. The maximum atomic E-state index is 12.4. The minimum atomic E-state index is -2.76. The van der Waals surface area contributed by atoms with Crippen LogP contribution in [0.1, 0.15) is 23.2 Å². The van der Waals surface area contributed by atoms with Gasteiger partial charge in [0.05, 0.1) is 6.61 Å². The van der Waals surface area contributed by atoms with Crippen LogP contribution in [0.4, 0.5) is 8.78 Å². The number of nitrogens with one attached hydrogen (secondary N) is 1. The monoisotopic (exact) mass is 204 g/mol. The molecule has 0 aliphatic rings. The highest BCUT2D eigenvalue weighted by atomic mass is 19.3. The maximum Gasteiger partial charge on any atom is 0.264 e. The number of alkyl halides is 2. The Morgan fingerprint density at radius 1 is 1.57 bits per heavy atom. The van der Waals surface area contributed by atoms with E-state index in [-0.39, 0.29) is 17.8 Å². The smallest absolute Gasteiger partial charge is 0.264 e. The van der Waals surface area contributed by atoms with Gasteiger partial charge in [0.2, 0.25) is 0 Å². The Morgan fingerprint density at radius 3 is 2.64 bits per heavy atom. The number of aliphatic hydroxyl groups is 1. The molecule has 0 radical (unpaired) electrons. The zero-order chi connectivity index (χ0) is 10.7. The normalized spacial score (nSPS) is 10.9. The minimum Gasteiger partial charge on any atom is -0.390 e. The Hall–Kier alpha value is -1.27. The summed E-state index contributed by atoms with van der Waals surface area (Å²) in [7, 11) is 0. The van der Waals surface area contributed by atoms with Gasteiger partial charge in [0.25, 0.3) is 12.0 Å². The third kappa shape index (κ3) is 1.97. The van der Waals surface area contributed by atoms with Crippen molar-refractivity contribution >= 4 is 0 Å². The highest BCUT2D eigenvalue weighted by Crippen LogP contribution is 2.20. The number of rotatable bonds is 3. The molecule has 0 bridgehead atoms. The first-order chi connectivity index (χ1) is 6.60. The molecule has 0 saturated carbocycles. The number of H-pyrrole nitrogens is 1. The molecule has 0 saturated heterocycles. The Morgan fingerprint density at radius 2 is 2.21 bits per heavy atom. The van der Waals surface area contributed by atoms with Crippen molar-refractivity contribution in [2.75, 3.05) is 0 Å². The minimum absolute atomic E-state index is 0.0579. The average Bonchev–Trinajstić information content (AvgIpc) is 2.16. The Bertz CT molecular complexity index is 376. The Balaban J connectivity index is 3.36. The van der Waals surface area contributed by atoms with E-state index in [1.165, 1.54) is 0 Å². The highest BCUT2D eigenvalue weighted by molar-refractivity contribution is 5.27. The second-order valence-electron chi connectivity index (χ2n) is 2.72. The molecule has 1 heterocycles. The molecule has 0 unspecified atom stereocenters. The molecule has 0 fully saturated rings. The highest BCUT2D eigenvalue weighted by Gasteiger charge is 2.15. The summed E-state index contributed by atoms with van der Waals surface area (Å²) in [4.78, 5) is 13.4. The van der Waals surface area contributed by atoms with E-state index in [9.17, 15) is 13.6 Å². The van der Waals surface area contributed by atoms with Crippen LogP contribution in [0.3, 0.4) is 0 Å². The molecule has 0 aromatic carbocycles. The van der Waals surface area contributed by atoms with Gasteiger partial charge in [0.15, 0.2) is 0 Å². The van der Waals surface area contributed by atoms with Crippen LogP contribution < -0.4 is 11.3 Å². The van der Waals surface area contributed by atoms with Gasteiger partial charge in [0.1, 0.15) is 0 Å². The molecular formula is C8H10F2N2O2. The number of halogens is 2. The topological polar surface area (TPSA) is 79.1 Å². The number of hydrogen-bond donors (Lipinski definition) is 3. The van der Waals surface area contributed by atoms with Crippen molar-refractivity contribution in [2.24, 2.45) is 5.73 Å². The van der Waals surface area contributed by atoms with Crippen LogP contribution in [0.5, 0.6) is 0 Å². The number of aromatic amines is 1. The predicted molar refractivity (Wildman–Crippen MR) is 45.8 cm³/mol. The molecule has 78 valence electrons. The van der Waals surface area contributed by atoms with E-state index < -0.39 is 24.2 Å². The van der Waals surface area contributed by atoms with E-state index in [0.717, 1.165) is 6.07 Å². The van der Waals surface area contributed by atoms with Crippen molar-refractivity contribution in [1.29, 1.82) is 0 Å². The van der Waals surface area contributed by atoms with Crippen LogP contribution >= 0.6 is 0 Å². The summed E-state index contributed by atoms with van der Waals surface area (Å²) in [6, 6.07) is 1.05. The van der Waals surface area contributed by atoms with Gasteiger partial charge in [-0.05, 0) is 6.07 Å². The largest absolute Gasteiger partial charge is 0.390 e. The quantitative estimate of drug-likeness (QED) is 0.660. The van der Waals surface area contributed by atoms with Crippen molar-refractivity contribution in [3.63, 3.8) is 0 Å². The fraction of sp³-hybridized carbons (Fsp3) is 0.375. The van der Waals surface area contributed by atoms with Crippen LogP contribution in [0.15, 0.2) is 10.9 Å². The Labute approximate surface area is 78.4 Å². The van der Waals surface area contributed by atoms with Crippen molar-refractivity contribution in [3.05, 3.63) is 33.2 Å². The van der Waals surface area contributed by atoms with E-state index in [1.54, 1.807) is 0 Å². The SMILES string of the molecule is NCc1c(C(F)F)cc(CO)[nH]c1=O. The number of hydrogen-bond acceptors (Lipinski definition) is 3. The summed E-state index contributed by atoms with van der Waals surface area (Å²) in [5, 5.41) is 8.69. The van der Waals surface area contributed by atoms with Gasteiger partial charge >= 0.3 is 0 Å². The summed E-state index contributed by atoms with van der Waals surface area (Å²) in [5.74, 6) is 0. The van der Waals surface area contributed by atoms with Crippen LogP contribution in [0.25, 0.3) is 0 Å². The molecule has 1 rings (SSSR count). The lowest BCUT2D eigenvalue weighted by Gasteiger charge is -2.07. The van der Waals surface area contributed by atoms with Gasteiger partial charge in [-0.3, -0.25) is 4.79 Å². The Kier molecular flexibility index (Phi) is 3.32. The van der Waals surface area contributed by atoms with Gasteiger partial charge in [-0.1, -0.05) is 0 Å². The number of nitrogens with two attached hydrogens (primary N) is 1. The molecule has 0 atom stereocenters. The second-order valence-corrected chi connectivity index (χ2v) is 2.72. The van der Waals surface area contributed by atoms with Crippen LogP contribution in [-0.2, 0) is 13.2 Å². The van der Waals surface area contributed by atoms with Gasteiger partial charge < -0.3 is 15.8 Å². The lowest BCUT2D eigenvalue weighted by Crippen LogP contribution is -2.20. The van der Waals surface area contributed by atoms with Gasteiger partial charge in [-0.25, -0.2) is 8.78 Å². The van der Waals surface area contributed by atoms with Crippen molar-refractivity contribution in [2.45, 2.75) is 19.6 Å². The van der Waals surface area contributed by atoms with E-state index in [1.807, 2.05) is 0 Å². The first-order valence-corrected chi connectivity index (χ1v) is 3.94. The van der Waals surface area contributed by atoms with Gasteiger partial charge in [-0.15, -0.1) is 0 Å². The van der Waals surface area contributed by atoms with E-state index in [0.29, 0.717) is 0 Å². The van der Waals surface area contributed by atoms with Crippen molar-refractivity contribution in [3.8, 4) is 0 Å². The summed E-state index contributed by atoms with van der Waals surface area (Å²) < 4.78 is 24.8. The fourth-order valence-corrected chi connectivity index (χ4v) is 1.15. The molecule has 6 heteroatoms. The van der Waals surface area contributed by atoms with Crippen molar-refractivity contribution in [1.82, 2.24) is 4.98 Å². The summed E-state index contributed by atoms with van der Waals surface area (Å²) in [6.07, 6.45) is -2.76. The predicted octanol–water partition coefficient (Wildman–Crippen LogP) is 0.264. The lowest BCUT2D eigenvalue weighted by atomic mass is 10.1. The van der Waals surface area contributed by atoms with Crippen LogP contribution in [-0.4, -0.2) is 10.1 Å². The van der Waals surface area contributed by atoms with Crippen LogP contribution in [0.2, 0.25) is 0 Å². The molecule has 0 amide bonds. The molecule has 14 heavy (non-hydrogen) atoms. The fourth-order valence-electron chi connectivity index (χ4n) is 1.15. The zero-order valence-electron chi connectivity index (χ0n) is 7.26. The van der Waals surface area contributed by atoms with Gasteiger partial charge in [0, 0.05) is 23.4 Å². The molecule has 0 spiro atoms. The molecule has 4 nitrogen and oxygen atoms in total. The molecule has 0 aliphatic heterocycles. The molecule has 1 aromatic rings. The molecular weight excluding hydrogens is 194 g/mol. The maximum absolute atomic E-state index is 12.4.